The summed E-state index contributed by atoms with van der Waals surface area (Å²) in [4.78, 5) is 3.81. The lowest BCUT2D eigenvalue weighted by molar-refractivity contribution is 0.407. The molecule has 0 saturated carbocycles. The van der Waals surface area contributed by atoms with Gasteiger partial charge >= 0.3 is 0 Å². The van der Waals surface area contributed by atoms with Crippen molar-refractivity contribution in [1.29, 1.82) is 0 Å². The molecule has 0 aliphatic rings. The lowest BCUT2D eigenvalue weighted by Gasteiger charge is -2.07. The molecule has 1 heterocycles. The van der Waals surface area contributed by atoms with Crippen molar-refractivity contribution >= 4 is 15.9 Å². The predicted octanol–water partition coefficient (Wildman–Crippen LogP) is 2.02. The molecule has 0 radical (unpaired) electrons. The molecule has 15 heavy (non-hydrogen) atoms. The molecule has 1 aromatic heterocycles. The number of benzene rings is 1. The standard InChI is InChI=1S/C9H7BrFN3O/c10-6-2-1-5(3-7(6)11)8(12)9-13-4-15-14-9/h1-4,8H,12H2. The minimum atomic E-state index is -0.577. The van der Waals surface area contributed by atoms with Crippen LogP contribution in [0.2, 0.25) is 0 Å². The van der Waals surface area contributed by atoms with Gasteiger partial charge in [0.05, 0.1) is 10.5 Å². The van der Waals surface area contributed by atoms with Gasteiger partial charge < -0.3 is 10.3 Å². The van der Waals surface area contributed by atoms with Crippen LogP contribution in [0, 0.1) is 5.82 Å². The van der Waals surface area contributed by atoms with Gasteiger partial charge in [-0.05, 0) is 33.6 Å². The van der Waals surface area contributed by atoms with E-state index in [9.17, 15) is 4.39 Å². The quantitative estimate of drug-likeness (QED) is 0.908. The molecule has 2 rings (SSSR count). The summed E-state index contributed by atoms with van der Waals surface area (Å²) in [6.45, 7) is 0. The van der Waals surface area contributed by atoms with Crippen molar-refractivity contribution in [2.75, 3.05) is 0 Å². The van der Waals surface area contributed by atoms with Crippen molar-refractivity contribution in [2.45, 2.75) is 6.04 Å². The van der Waals surface area contributed by atoms with Crippen molar-refractivity contribution in [3.05, 3.63) is 46.3 Å². The summed E-state index contributed by atoms with van der Waals surface area (Å²) in [7, 11) is 0. The zero-order valence-electron chi connectivity index (χ0n) is 7.52. The fourth-order valence-corrected chi connectivity index (χ4v) is 1.42. The first kappa shape index (κ1) is 10.3. The summed E-state index contributed by atoms with van der Waals surface area (Å²) < 4.78 is 18.2. The van der Waals surface area contributed by atoms with Crippen molar-refractivity contribution < 1.29 is 8.91 Å². The zero-order valence-corrected chi connectivity index (χ0v) is 9.11. The van der Waals surface area contributed by atoms with Crippen molar-refractivity contribution in [3.63, 3.8) is 0 Å². The van der Waals surface area contributed by atoms with Crippen LogP contribution >= 0.6 is 15.9 Å². The largest absolute Gasteiger partial charge is 0.343 e. The van der Waals surface area contributed by atoms with Crippen LogP contribution in [-0.4, -0.2) is 10.1 Å². The van der Waals surface area contributed by atoms with E-state index in [-0.39, 0.29) is 5.82 Å². The fraction of sp³-hybridized carbons (Fsp3) is 0.111. The summed E-state index contributed by atoms with van der Waals surface area (Å²) in [6, 6.07) is 4.05. The molecule has 0 fully saturated rings. The van der Waals surface area contributed by atoms with Crippen LogP contribution in [-0.2, 0) is 0 Å². The molecule has 1 atom stereocenters. The third kappa shape index (κ3) is 2.05. The lowest BCUT2D eigenvalue weighted by atomic mass is 10.1. The van der Waals surface area contributed by atoms with Crippen LogP contribution in [0.15, 0.2) is 33.6 Å². The smallest absolute Gasteiger partial charge is 0.213 e. The number of rotatable bonds is 2. The van der Waals surface area contributed by atoms with E-state index in [4.69, 9.17) is 5.73 Å². The predicted molar refractivity (Wildman–Crippen MR) is 54.4 cm³/mol. The topological polar surface area (TPSA) is 64.9 Å². The molecule has 0 bridgehead atoms. The molecule has 0 amide bonds. The first-order valence-corrected chi connectivity index (χ1v) is 4.94. The number of nitrogens with zero attached hydrogens (tertiary/aromatic N) is 2. The normalized spacial score (nSPS) is 12.7. The van der Waals surface area contributed by atoms with E-state index >= 15 is 0 Å². The number of hydrogen-bond acceptors (Lipinski definition) is 4. The van der Waals surface area contributed by atoms with Crippen LogP contribution in [0.1, 0.15) is 17.4 Å². The van der Waals surface area contributed by atoms with Crippen molar-refractivity contribution in [1.82, 2.24) is 10.1 Å². The summed E-state index contributed by atoms with van der Waals surface area (Å²) in [5.74, 6) is -0.0387. The molecular formula is C9H7BrFN3O. The molecule has 4 nitrogen and oxygen atoms in total. The summed E-state index contributed by atoms with van der Waals surface area (Å²) in [6.07, 6.45) is 1.18. The molecule has 2 aromatic rings. The van der Waals surface area contributed by atoms with Gasteiger partial charge in [0, 0.05) is 0 Å². The first-order valence-electron chi connectivity index (χ1n) is 4.15. The van der Waals surface area contributed by atoms with Gasteiger partial charge in [0.25, 0.3) is 0 Å². The fourth-order valence-electron chi connectivity index (χ4n) is 1.17. The highest BCUT2D eigenvalue weighted by Crippen LogP contribution is 2.21. The van der Waals surface area contributed by atoms with Gasteiger partial charge in [0.1, 0.15) is 5.82 Å². The van der Waals surface area contributed by atoms with Gasteiger partial charge in [-0.1, -0.05) is 11.2 Å². The molecule has 6 heteroatoms. The molecule has 0 saturated heterocycles. The van der Waals surface area contributed by atoms with Gasteiger partial charge in [0.2, 0.25) is 6.39 Å². The molecule has 1 aromatic carbocycles. The van der Waals surface area contributed by atoms with Crippen molar-refractivity contribution in [2.24, 2.45) is 5.73 Å². The summed E-state index contributed by atoms with van der Waals surface area (Å²) in [5, 5.41) is 3.60. The van der Waals surface area contributed by atoms with Crippen LogP contribution < -0.4 is 5.73 Å². The second-order valence-corrected chi connectivity index (χ2v) is 3.79. The van der Waals surface area contributed by atoms with Crippen LogP contribution in [0.25, 0.3) is 0 Å². The Bertz CT molecular complexity index is 460. The van der Waals surface area contributed by atoms with Crippen LogP contribution in [0.4, 0.5) is 4.39 Å². The average Bonchev–Trinajstić information content (AvgIpc) is 2.74. The van der Waals surface area contributed by atoms with Gasteiger partial charge in [-0.3, -0.25) is 0 Å². The highest BCUT2D eigenvalue weighted by Gasteiger charge is 2.14. The maximum Gasteiger partial charge on any atom is 0.213 e. The Hall–Kier alpha value is -1.27. The van der Waals surface area contributed by atoms with Gasteiger partial charge in [-0.25, -0.2) is 4.39 Å². The van der Waals surface area contributed by atoms with E-state index in [2.05, 4.69) is 30.6 Å². The molecule has 1 unspecified atom stereocenters. The lowest BCUT2D eigenvalue weighted by Crippen LogP contribution is -2.13. The van der Waals surface area contributed by atoms with Crippen molar-refractivity contribution in [3.8, 4) is 0 Å². The van der Waals surface area contributed by atoms with Crippen LogP contribution in [0.3, 0.4) is 0 Å². The summed E-state index contributed by atoms with van der Waals surface area (Å²) >= 11 is 3.06. The van der Waals surface area contributed by atoms with Gasteiger partial charge in [0.15, 0.2) is 5.82 Å². The SMILES string of the molecule is NC(c1ccc(Br)c(F)c1)c1ncon1. The highest BCUT2D eigenvalue weighted by molar-refractivity contribution is 9.10. The molecular weight excluding hydrogens is 265 g/mol. The monoisotopic (exact) mass is 271 g/mol. The number of halogens is 2. The third-order valence-corrected chi connectivity index (χ3v) is 2.60. The van der Waals surface area contributed by atoms with E-state index in [1.54, 1.807) is 12.1 Å². The second kappa shape index (κ2) is 4.08. The second-order valence-electron chi connectivity index (χ2n) is 2.94. The Kier molecular flexibility index (Phi) is 2.79. The van der Waals surface area contributed by atoms with E-state index in [1.165, 1.54) is 12.5 Å². The Labute approximate surface area is 93.4 Å². The van der Waals surface area contributed by atoms with Gasteiger partial charge in [-0.15, -0.1) is 0 Å². The maximum absolute atomic E-state index is 13.2. The van der Waals surface area contributed by atoms with Crippen LogP contribution in [0.5, 0.6) is 0 Å². The number of nitrogens with two attached hydrogens (primary N) is 1. The number of aromatic nitrogens is 2. The average molecular weight is 272 g/mol. The molecule has 0 aliphatic carbocycles. The van der Waals surface area contributed by atoms with E-state index in [0.29, 0.717) is 15.9 Å². The highest BCUT2D eigenvalue weighted by atomic mass is 79.9. The molecule has 0 spiro atoms. The third-order valence-electron chi connectivity index (χ3n) is 1.96. The summed E-state index contributed by atoms with van der Waals surface area (Å²) in [5.41, 5.74) is 6.41. The number of hydrogen-bond donors (Lipinski definition) is 1. The Morgan fingerprint density at radius 3 is 2.87 bits per heavy atom. The molecule has 2 N–H and O–H groups in total. The molecule has 0 aliphatic heterocycles. The Morgan fingerprint density at radius 1 is 1.47 bits per heavy atom. The first-order chi connectivity index (χ1) is 7.18. The maximum atomic E-state index is 13.2. The van der Waals surface area contributed by atoms with E-state index < -0.39 is 6.04 Å². The minimum Gasteiger partial charge on any atom is -0.343 e. The van der Waals surface area contributed by atoms with E-state index in [0.717, 1.165) is 0 Å². The molecule has 78 valence electrons. The Balaban J connectivity index is 2.34. The Morgan fingerprint density at radius 2 is 2.27 bits per heavy atom. The van der Waals surface area contributed by atoms with Gasteiger partial charge in [-0.2, -0.15) is 4.98 Å². The zero-order chi connectivity index (χ0) is 10.8. The minimum absolute atomic E-state index is 0.330. The van der Waals surface area contributed by atoms with E-state index in [1.807, 2.05) is 0 Å².